The van der Waals surface area contributed by atoms with Crippen molar-refractivity contribution in [1.29, 1.82) is 5.26 Å². The highest BCUT2D eigenvalue weighted by Crippen LogP contribution is 2.15. The zero-order valence-electron chi connectivity index (χ0n) is 8.43. The van der Waals surface area contributed by atoms with Gasteiger partial charge in [-0.25, -0.2) is 0 Å². The number of nitriles is 1. The quantitative estimate of drug-likeness (QED) is 0.729. The Balaban J connectivity index is 2.85. The molecule has 1 rings (SSSR count). The molecule has 0 aliphatic heterocycles. The number of nitrogens with zero attached hydrogens (tertiary/aromatic N) is 2. The summed E-state index contributed by atoms with van der Waals surface area (Å²) in [5.41, 5.74) is 1.42. The summed E-state index contributed by atoms with van der Waals surface area (Å²) < 4.78 is 0. The van der Waals surface area contributed by atoms with Crippen LogP contribution in [0.25, 0.3) is 0 Å². The molecule has 4 heteroatoms. The maximum atomic E-state index is 8.86. The van der Waals surface area contributed by atoms with Gasteiger partial charge in [0.1, 0.15) is 0 Å². The molecular weight excluding hydrogens is 192 g/mol. The van der Waals surface area contributed by atoms with E-state index in [4.69, 9.17) is 15.5 Å². The maximum absolute atomic E-state index is 8.86. The number of aliphatic hydroxyl groups excluding tert-OH is 2. The highest BCUT2D eigenvalue weighted by atomic mass is 16.3. The first-order chi connectivity index (χ1) is 7.31. The van der Waals surface area contributed by atoms with Crippen LogP contribution in [0.2, 0.25) is 0 Å². The molecule has 0 heterocycles. The maximum Gasteiger partial charge on any atom is 0.0992 e. The minimum atomic E-state index is 0.0246. The lowest BCUT2D eigenvalue weighted by atomic mass is 10.2. The third-order valence-electron chi connectivity index (χ3n) is 2.08. The molecule has 4 nitrogen and oxygen atoms in total. The summed E-state index contributed by atoms with van der Waals surface area (Å²) in [4.78, 5) is 1.83. The van der Waals surface area contributed by atoms with E-state index in [1.165, 1.54) is 0 Å². The summed E-state index contributed by atoms with van der Waals surface area (Å²) in [5, 5.41) is 26.5. The van der Waals surface area contributed by atoms with E-state index in [1.54, 1.807) is 18.2 Å². The summed E-state index contributed by atoms with van der Waals surface area (Å²) in [7, 11) is 0. The van der Waals surface area contributed by atoms with Gasteiger partial charge in [0.2, 0.25) is 0 Å². The van der Waals surface area contributed by atoms with Crippen LogP contribution in [-0.4, -0.2) is 36.5 Å². The van der Waals surface area contributed by atoms with Crippen molar-refractivity contribution in [2.45, 2.75) is 0 Å². The van der Waals surface area contributed by atoms with Crippen molar-refractivity contribution in [2.24, 2.45) is 0 Å². The first-order valence-electron chi connectivity index (χ1n) is 4.78. The number of hydrogen-bond donors (Lipinski definition) is 2. The fourth-order valence-electron chi connectivity index (χ4n) is 1.38. The minimum Gasteiger partial charge on any atom is -0.395 e. The van der Waals surface area contributed by atoms with Crippen LogP contribution in [0.15, 0.2) is 24.3 Å². The molecule has 0 unspecified atom stereocenters. The Labute approximate surface area is 89.0 Å². The Morgan fingerprint density at radius 3 is 2.40 bits per heavy atom. The average molecular weight is 206 g/mol. The Morgan fingerprint density at radius 2 is 1.87 bits per heavy atom. The molecular formula is C11H14N2O2. The Morgan fingerprint density at radius 1 is 1.20 bits per heavy atom. The average Bonchev–Trinajstić information content (AvgIpc) is 2.29. The van der Waals surface area contributed by atoms with Crippen LogP contribution in [0, 0.1) is 11.3 Å². The van der Waals surface area contributed by atoms with E-state index in [2.05, 4.69) is 6.07 Å². The standard InChI is InChI=1S/C11H14N2O2/c12-9-10-2-1-3-11(8-10)13(4-6-14)5-7-15/h1-3,8,14-15H,4-7H2. The first-order valence-corrected chi connectivity index (χ1v) is 4.78. The monoisotopic (exact) mass is 206 g/mol. The molecule has 0 aliphatic rings. The zero-order chi connectivity index (χ0) is 11.1. The summed E-state index contributed by atoms with van der Waals surface area (Å²) in [6.45, 7) is 0.957. The van der Waals surface area contributed by atoms with Crippen LogP contribution >= 0.6 is 0 Å². The number of rotatable bonds is 5. The summed E-state index contributed by atoms with van der Waals surface area (Å²) in [6, 6.07) is 9.16. The largest absolute Gasteiger partial charge is 0.395 e. The van der Waals surface area contributed by atoms with Crippen LogP contribution in [0.4, 0.5) is 5.69 Å². The SMILES string of the molecule is N#Cc1cccc(N(CCO)CCO)c1. The molecule has 0 aliphatic carbocycles. The summed E-state index contributed by atoms with van der Waals surface area (Å²) >= 11 is 0. The van der Waals surface area contributed by atoms with Crippen LogP contribution in [0.3, 0.4) is 0 Å². The van der Waals surface area contributed by atoms with Crippen molar-refractivity contribution >= 4 is 5.69 Å². The normalized spacial score (nSPS) is 9.67. The van der Waals surface area contributed by atoms with E-state index < -0.39 is 0 Å². The van der Waals surface area contributed by atoms with Gasteiger partial charge in [0, 0.05) is 18.8 Å². The molecule has 1 aromatic rings. The molecule has 0 saturated carbocycles. The molecule has 0 aromatic heterocycles. The summed E-state index contributed by atoms with van der Waals surface area (Å²) in [6.07, 6.45) is 0. The van der Waals surface area contributed by atoms with Gasteiger partial charge < -0.3 is 15.1 Å². The molecule has 15 heavy (non-hydrogen) atoms. The smallest absolute Gasteiger partial charge is 0.0992 e. The fourth-order valence-corrected chi connectivity index (χ4v) is 1.38. The molecule has 0 saturated heterocycles. The van der Waals surface area contributed by atoms with Crippen LogP contribution in [-0.2, 0) is 0 Å². The lowest BCUT2D eigenvalue weighted by Crippen LogP contribution is -2.29. The van der Waals surface area contributed by atoms with E-state index in [0.29, 0.717) is 18.7 Å². The van der Waals surface area contributed by atoms with Gasteiger partial charge in [-0.15, -0.1) is 0 Å². The third-order valence-corrected chi connectivity index (χ3v) is 2.08. The Hall–Kier alpha value is -1.57. The van der Waals surface area contributed by atoms with Crippen molar-refractivity contribution in [2.75, 3.05) is 31.2 Å². The van der Waals surface area contributed by atoms with E-state index in [1.807, 2.05) is 11.0 Å². The molecule has 0 radical (unpaired) electrons. The van der Waals surface area contributed by atoms with Crippen molar-refractivity contribution in [3.8, 4) is 6.07 Å². The molecule has 0 spiro atoms. The Bertz CT molecular complexity index is 341. The van der Waals surface area contributed by atoms with Gasteiger partial charge in [-0.2, -0.15) is 5.26 Å². The highest BCUT2D eigenvalue weighted by molar-refractivity contribution is 5.51. The van der Waals surface area contributed by atoms with Crippen molar-refractivity contribution in [3.63, 3.8) is 0 Å². The lowest BCUT2D eigenvalue weighted by Gasteiger charge is -2.22. The van der Waals surface area contributed by atoms with Crippen molar-refractivity contribution in [3.05, 3.63) is 29.8 Å². The van der Waals surface area contributed by atoms with E-state index in [-0.39, 0.29) is 13.2 Å². The van der Waals surface area contributed by atoms with E-state index in [0.717, 1.165) is 5.69 Å². The molecule has 2 N–H and O–H groups in total. The first kappa shape index (κ1) is 11.5. The number of anilines is 1. The molecule has 1 aromatic carbocycles. The second-order valence-corrected chi connectivity index (χ2v) is 3.10. The number of hydrogen-bond acceptors (Lipinski definition) is 4. The van der Waals surface area contributed by atoms with Crippen LogP contribution in [0.1, 0.15) is 5.56 Å². The van der Waals surface area contributed by atoms with Gasteiger partial charge >= 0.3 is 0 Å². The highest BCUT2D eigenvalue weighted by Gasteiger charge is 2.05. The Kier molecular flexibility index (Phi) is 4.61. The third kappa shape index (κ3) is 3.24. The zero-order valence-corrected chi connectivity index (χ0v) is 8.43. The topological polar surface area (TPSA) is 67.5 Å². The fraction of sp³-hybridized carbons (Fsp3) is 0.364. The molecule has 0 fully saturated rings. The number of benzene rings is 1. The van der Waals surface area contributed by atoms with Gasteiger partial charge in [0.25, 0.3) is 0 Å². The second-order valence-electron chi connectivity index (χ2n) is 3.10. The number of aliphatic hydroxyl groups is 2. The van der Waals surface area contributed by atoms with Crippen LogP contribution in [0.5, 0.6) is 0 Å². The minimum absolute atomic E-state index is 0.0246. The van der Waals surface area contributed by atoms with Gasteiger partial charge in [-0.3, -0.25) is 0 Å². The molecule has 0 atom stereocenters. The molecule has 0 bridgehead atoms. The van der Waals surface area contributed by atoms with E-state index in [9.17, 15) is 0 Å². The lowest BCUT2D eigenvalue weighted by molar-refractivity contribution is 0.281. The van der Waals surface area contributed by atoms with E-state index >= 15 is 0 Å². The summed E-state index contributed by atoms with van der Waals surface area (Å²) in [5.74, 6) is 0. The van der Waals surface area contributed by atoms with Gasteiger partial charge in [-0.1, -0.05) is 6.07 Å². The van der Waals surface area contributed by atoms with Crippen LogP contribution < -0.4 is 4.90 Å². The van der Waals surface area contributed by atoms with Gasteiger partial charge in [0.15, 0.2) is 0 Å². The predicted molar refractivity (Wildman–Crippen MR) is 57.5 cm³/mol. The van der Waals surface area contributed by atoms with Crippen molar-refractivity contribution < 1.29 is 10.2 Å². The van der Waals surface area contributed by atoms with Crippen molar-refractivity contribution in [1.82, 2.24) is 0 Å². The van der Waals surface area contributed by atoms with Gasteiger partial charge in [-0.05, 0) is 18.2 Å². The molecule has 80 valence electrons. The molecule has 0 amide bonds. The second kappa shape index (κ2) is 6.02. The van der Waals surface area contributed by atoms with Gasteiger partial charge in [0.05, 0.1) is 24.8 Å². The predicted octanol–water partition coefficient (Wildman–Crippen LogP) is 0.349.